The third-order valence-electron chi connectivity index (χ3n) is 2.03. The number of nitrogens with one attached hydrogen (secondary N) is 2. The van der Waals surface area contributed by atoms with Gasteiger partial charge in [0.2, 0.25) is 0 Å². The van der Waals surface area contributed by atoms with Crippen LogP contribution >= 0.6 is 0 Å². The van der Waals surface area contributed by atoms with Crippen LogP contribution in [0.1, 0.15) is 19.4 Å². The predicted molar refractivity (Wildman–Crippen MR) is 64.8 cm³/mol. The van der Waals surface area contributed by atoms with Crippen molar-refractivity contribution in [1.29, 1.82) is 0 Å². The average Bonchev–Trinajstić information content (AvgIpc) is 2.21. The summed E-state index contributed by atoms with van der Waals surface area (Å²) in [6.45, 7) is 5.33. The van der Waals surface area contributed by atoms with E-state index in [0.29, 0.717) is 0 Å². The number of rotatable bonds is 2. The fourth-order valence-electron chi connectivity index (χ4n) is 1.25. The summed E-state index contributed by atoms with van der Waals surface area (Å²) in [4.78, 5) is 22.8. The molecule has 3 N–H and O–H groups in total. The van der Waals surface area contributed by atoms with Gasteiger partial charge in [0.1, 0.15) is 5.75 Å². The van der Waals surface area contributed by atoms with Gasteiger partial charge in [-0.15, -0.1) is 0 Å². The first-order chi connectivity index (χ1) is 7.90. The Bertz CT molecular complexity index is 441. The molecule has 0 atom stereocenters. The number of aryl methyl sites for hydroxylation is 1. The Kier molecular flexibility index (Phi) is 4.09. The summed E-state index contributed by atoms with van der Waals surface area (Å²) in [7, 11) is 0. The van der Waals surface area contributed by atoms with Crippen LogP contribution in [-0.2, 0) is 9.59 Å². The molecule has 5 heteroatoms. The Labute approximate surface area is 99.8 Å². The standard InChI is InChI=1S/C12H16N2O3/c1-7(2)13-11(16)12(17)14-9-5-4-8(3)6-10(9)15/h4-7,15H,1-3H3,(H,13,16)(H,14,17). The van der Waals surface area contributed by atoms with Crippen molar-refractivity contribution in [3.63, 3.8) is 0 Å². The minimum atomic E-state index is -0.794. The van der Waals surface area contributed by atoms with Crippen LogP contribution in [-0.4, -0.2) is 23.0 Å². The lowest BCUT2D eigenvalue weighted by atomic mass is 10.2. The first kappa shape index (κ1) is 13.0. The number of hydrogen-bond donors (Lipinski definition) is 3. The van der Waals surface area contributed by atoms with E-state index >= 15 is 0 Å². The topological polar surface area (TPSA) is 78.4 Å². The highest BCUT2D eigenvalue weighted by Crippen LogP contribution is 2.23. The maximum atomic E-state index is 11.5. The van der Waals surface area contributed by atoms with E-state index in [1.54, 1.807) is 26.0 Å². The zero-order valence-electron chi connectivity index (χ0n) is 10.1. The number of anilines is 1. The van der Waals surface area contributed by atoms with Crippen LogP contribution in [0.15, 0.2) is 18.2 Å². The first-order valence-electron chi connectivity index (χ1n) is 5.31. The van der Waals surface area contributed by atoms with Crippen molar-refractivity contribution in [2.45, 2.75) is 26.8 Å². The SMILES string of the molecule is Cc1ccc(NC(=O)C(=O)NC(C)C)c(O)c1. The molecule has 1 aromatic carbocycles. The zero-order valence-corrected chi connectivity index (χ0v) is 10.1. The molecule has 5 nitrogen and oxygen atoms in total. The number of carbonyl (C=O) groups is 2. The van der Waals surface area contributed by atoms with E-state index in [2.05, 4.69) is 10.6 Å². The molecule has 0 aliphatic carbocycles. The van der Waals surface area contributed by atoms with Gasteiger partial charge < -0.3 is 15.7 Å². The Hall–Kier alpha value is -2.04. The van der Waals surface area contributed by atoms with Crippen LogP contribution in [0, 0.1) is 6.92 Å². The van der Waals surface area contributed by atoms with Crippen LogP contribution < -0.4 is 10.6 Å². The number of hydrogen-bond acceptors (Lipinski definition) is 3. The molecule has 2 amide bonds. The van der Waals surface area contributed by atoms with Crippen molar-refractivity contribution in [3.8, 4) is 5.75 Å². The van der Waals surface area contributed by atoms with E-state index in [1.165, 1.54) is 6.07 Å². The summed E-state index contributed by atoms with van der Waals surface area (Å²) in [6.07, 6.45) is 0. The third kappa shape index (κ3) is 3.79. The largest absolute Gasteiger partial charge is 0.506 e. The van der Waals surface area contributed by atoms with Crippen LogP contribution in [0.3, 0.4) is 0 Å². The van der Waals surface area contributed by atoms with Gasteiger partial charge in [-0.2, -0.15) is 0 Å². The van der Waals surface area contributed by atoms with Crippen LogP contribution in [0.2, 0.25) is 0 Å². The number of aromatic hydroxyl groups is 1. The molecular formula is C12H16N2O3. The summed E-state index contributed by atoms with van der Waals surface area (Å²) in [5, 5.41) is 14.4. The van der Waals surface area contributed by atoms with Crippen molar-refractivity contribution < 1.29 is 14.7 Å². The highest BCUT2D eigenvalue weighted by Gasteiger charge is 2.15. The second-order valence-electron chi connectivity index (χ2n) is 4.10. The van der Waals surface area contributed by atoms with Gasteiger partial charge in [0, 0.05) is 6.04 Å². The fraction of sp³-hybridized carbons (Fsp3) is 0.333. The van der Waals surface area contributed by atoms with Gasteiger partial charge in [0.15, 0.2) is 0 Å². The van der Waals surface area contributed by atoms with Crippen molar-refractivity contribution in [2.24, 2.45) is 0 Å². The quantitative estimate of drug-likeness (QED) is 0.532. The molecule has 0 saturated heterocycles. The van der Waals surface area contributed by atoms with Gasteiger partial charge in [-0.1, -0.05) is 6.07 Å². The van der Waals surface area contributed by atoms with Gasteiger partial charge in [0.25, 0.3) is 0 Å². The van der Waals surface area contributed by atoms with E-state index in [1.807, 2.05) is 6.92 Å². The Balaban J connectivity index is 2.71. The molecule has 0 radical (unpaired) electrons. The highest BCUT2D eigenvalue weighted by molar-refractivity contribution is 6.39. The second kappa shape index (κ2) is 5.34. The molecule has 0 spiro atoms. The average molecular weight is 236 g/mol. The zero-order chi connectivity index (χ0) is 13.0. The number of phenolic OH excluding ortho intramolecular Hbond substituents is 1. The summed E-state index contributed by atoms with van der Waals surface area (Å²) < 4.78 is 0. The van der Waals surface area contributed by atoms with Gasteiger partial charge in [-0.3, -0.25) is 9.59 Å². The lowest BCUT2D eigenvalue weighted by Gasteiger charge is -2.10. The molecule has 1 aromatic rings. The number of phenols is 1. The van der Waals surface area contributed by atoms with Gasteiger partial charge in [-0.25, -0.2) is 0 Å². The van der Waals surface area contributed by atoms with Crippen molar-refractivity contribution in [3.05, 3.63) is 23.8 Å². The third-order valence-corrected chi connectivity index (χ3v) is 2.03. The van der Waals surface area contributed by atoms with E-state index in [9.17, 15) is 14.7 Å². The number of benzene rings is 1. The predicted octanol–water partition coefficient (Wildman–Crippen LogP) is 1.16. The van der Waals surface area contributed by atoms with Crippen molar-refractivity contribution >= 4 is 17.5 Å². The molecule has 0 aliphatic heterocycles. The number of carbonyl (C=O) groups excluding carboxylic acids is 2. The maximum Gasteiger partial charge on any atom is 0.313 e. The normalized spacial score (nSPS) is 10.1. The molecule has 0 saturated carbocycles. The lowest BCUT2D eigenvalue weighted by molar-refractivity contribution is -0.136. The van der Waals surface area contributed by atoms with Crippen LogP contribution in [0.25, 0.3) is 0 Å². The molecule has 92 valence electrons. The van der Waals surface area contributed by atoms with Gasteiger partial charge in [0.05, 0.1) is 5.69 Å². The van der Waals surface area contributed by atoms with E-state index in [-0.39, 0.29) is 17.5 Å². The molecule has 0 aliphatic rings. The molecule has 0 unspecified atom stereocenters. The van der Waals surface area contributed by atoms with Crippen LogP contribution in [0.5, 0.6) is 5.75 Å². The smallest absolute Gasteiger partial charge is 0.313 e. The van der Waals surface area contributed by atoms with Crippen LogP contribution in [0.4, 0.5) is 5.69 Å². The highest BCUT2D eigenvalue weighted by atomic mass is 16.3. The minimum Gasteiger partial charge on any atom is -0.506 e. The molecule has 0 fully saturated rings. The van der Waals surface area contributed by atoms with Crippen molar-refractivity contribution in [1.82, 2.24) is 5.32 Å². The molecule has 0 bridgehead atoms. The van der Waals surface area contributed by atoms with E-state index in [0.717, 1.165) is 5.56 Å². The summed E-state index contributed by atoms with van der Waals surface area (Å²) in [5.41, 5.74) is 1.09. The van der Waals surface area contributed by atoms with Crippen molar-refractivity contribution in [2.75, 3.05) is 5.32 Å². The van der Waals surface area contributed by atoms with E-state index < -0.39 is 11.8 Å². The second-order valence-corrected chi connectivity index (χ2v) is 4.10. The molecule has 0 heterocycles. The van der Waals surface area contributed by atoms with Gasteiger partial charge >= 0.3 is 11.8 Å². The number of amides is 2. The molecule has 1 rings (SSSR count). The monoisotopic (exact) mass is 236 g/mol. The molecule has 0 aromatic heterocycles. The lowest BCUT2D eigenvalue weighted by Crippen LogP contribution is -2.39. The minimum absolute atomic E-state index is 0.0595. The first-order valence-corrected chi connectivity index (χ1v) is 5.31. The van der Waals surface area contributed by atoms with E-state index in [4.69, 9.17) is 0 Å². The summed E-state index contributed by atoms with van der Waals surface area (Å²) in [6, 6.07) is 4.68. The molecular weight excluding hydrogens is 220 g/mol. The fourth-order valence-corrected chi connectivity index (χ4v) is 1.25. The Morgan fingerprint density at radius 1 is 1.24 bits per heavy atom. The Morgan fingerprint density at radius 3 is 2.41 bits per heavy atom. The van der Waals surface area contributed by atoms with Gasteiger partial charge in [-0.05, 0) is 38.5 Å². The summed E-state index contributed by atoms with van der Waals surface area (Å²) in [5.74, 6) is -1.58. The maximum absolute atomic E-state index is 11.5. The molecule has 17 heavy (non-hydrogen) atoms. The summed E-state index contributed by atoms with van der Waals surface area (Å²) >= 11 is 0. The Morgan fingerprint density at radius 2 is 1.88 bits per heavy atom.